The summed E-state index contributed by atoms with van der Waals surface area (Å²) < 4.78 is 10.3. The van der Waals surface area contributed by atoms with Crippen molar-refractivity contribution >= 4 is 17.7 Å². The maximum atomic E-state index is 12.2. The zero-order chi connectivity index (χ0) is 16.0. The van der Waals surface area contributed by atoms with E-state index in [0.29, 0.717) is 30.2 Å². The molecule has 0 spiro atoms. The SMILES string of the molecule is CCCC1C(C(=O)OCC)=C(C)N=C(C)C1C(=O)OCC. The first kappa shape index (κ1) is 17.4. The monoisotopic (exact) mass is 295 g/mol. The van der Waals surface area contributed by atoms with Gasteiger partial charge >= 0.3 is 11.9 Å². The van der Waals surface area contributed by atoms with Gasteiger partial charge in [-0.15, -0.1) is 0 Å². The molecule has 0 bridgehead atoms. The Balaban J connectivity index is 3.21. The van der Waals surface area contributed by atoms with E-state index < -0.39 is 5.92 Å². The van der Waals surface area contributed by atoms with Gasteiger partial charge in [0.25, 0.3) is 0 Å². The summed E-state index contributed by atoms with van der Waals surface area (Å²) >= 11 is 0. The molecule has 1 aliphatic heterocycles. The van der Waals surface area contributed by atoms with Crippen molar-refractivity contribution in [3.63, 3.8) is 0 Å². The molecule has 1 heterocycles. The number of hydrogen-bond acceptors (Lipinski definition) is 5. The van der Waals surface area contributed by atoms with Crippen LogP contribution >= 0.6 is 0 Å². The number of ether oxygens (including phenoxy) is 2. The number of carbonyl (C=O) groups is 2. The van der Waals surface area contributed by atoms with Gasteiger partial charge in [-0.3, -0.25) is 9.79 Å². The molecule has 0 fully saturated rings. The van der Waals surface area contributed by atoms with Gasteiger partial charge in [0.2, 0.25) is 0 Å². The van der Waals surface area contributed by atoms with E-state index in [1.54, 1.807) is 20.8 Å². The van der Waals surface area contributed by atoms with Crippen LogP contribution in [0.2, 0.25) is 0 Å². The Morgan fingerprint density at radius 2 is 1.71 bits per heavy atom. The van der Waals surface area contributed by atoms with Crippen molar-refractivity contribution in [1.29, 1.82) is 0 Å². The highest BCUT2D eigenvalue weighted by Crippen LogP contribution is 2.35. The molecule has 2 unspecified atom stereocenters. The third kappa shape index (κ3) is 3.93. The third-order valence-electron chi connectivity index (χ3n) is 3.59. The Labute approximate surface area is 126 Å². The van der Waals surface area contributed by atoms with E-state index in [1.807, 2.05) is 13.8 Å². The third-order valence-corrected chi connectivity index (χ3v) is 3.59. The topological polar surface area (TPSA) is 65.0 Å². The second-order valence-electron chi connectivity index (χ2n) is 5.10. The lowest BCUT2D eigenvalue weighted by molar-refractivity contribution is -0.147. The fraction of sp³-hybridized carbons (Fsp3) is 0.688. The minimum Gasteiger partial charge on any atom is -0.465 e. The molecule has 5 nitrogen and oxygen atoms in total. The van der Waals surface area contributed by atoms with E-state index >= 15 is 0 Å². The molecule has 21 heavy (non-hydrogen) atoms. The summed E-state index contributed by atoms with van der Waals surface area (Å²) in [5.41, 5.74) is 1.87. The molecule has 0 aromatic rings. The summed E-state index contributed by atoms with van der Waals surface area (Å²) in [5.74, 6) is -1.40. The predicted octanol–water partition coefficient (Wildman–Crippen LogP) is 2.89. The van der Waals surface area contributed by atoms with Gasteiger partial charge in [0.1, 0.15) is 5.92 Å². The molecular formula is C16H25NO4. The van der Waals surface area contributed by atoms with Crippen LogP contribution < -0.4 is 0 Å². The Morgan fingerprint density at radius 1 is 1.10 bits per heavy atom. The second-order valence-corrected chi connectivity index (χ2v) is 5.10. The van der Waals surface area contributed by atoms with Crippen LogP contribution in [-0.4, -0.2) is 30.9 Å². The van der Waals surface area contributed by atoms with Gasteiger partial charge in [0.15, 0.2) is 0 Å². The van der Waals surface area contributed by atoms with Gasteiger partial charge in [0, 0.05) is 17.3 Å². The first-order valence-electron chi connectivity index (χ1n) is 7.57. The summed E-state index contributed by atoms with van der Waals surface area (Å²) in [6.45, 7) is 9.80. The molecular weight excluding hydrogens is 270 g/mol. The average Bonchev–Trinajstić information content (AvgIpc) is 2.39. The largest absolute Gasteiger partial charge is 0.465 e. The molecule has 0 aromatic heterocycles. The predicted molar refractivity (Wildman–Crippen MR) is 81.0 cm³/mol. The van der Waals surface area contributed by atoms with Crippen LogP contribution in [-0.2, 0) is 19.1 Å². The lowest BCUT2D eigenvalue weighted by Crippen LogP contribution is -2.37. The van der Waals surface area contributed by atoms with Gasteiger partial charge in [-0.05, 0) is 34.1 Å². The van der Waals surface area contributed by atoms with Crippen LogP contribution in [0.3, 0.4) is 0 Å². The fourth-order valence-electron chi connectivity index (χ4n) is 2.82. The molecule has 0 aliphatic carbocycles. The molecule has 118 valence electrons. The molecule has 0 aromatic carbocycles. The lowest BCUT2D eigenvalue weighted by atomic mass is 9.77. The number of rotatable bonds is 6. The summed E-state index contributed by atoms with van der Waals surface area (Å²) in [6.07, 6.45) is 1.59. The second kappa shape index (κ2) is 7.96. The normalized spacial score (nSPS) is 21.9. The first-order valence-corrected chi connectivity index (χ1v) is 7.57. The molecule has 5 heteroatoms. The number of nitrogens with zero attached hydrogens (tertiary/aromatic N) is 1. The van der Waals surface area contributed by atoms with Gasteiger partial charge in [-0.2, -0.15) is 0 Å². The highest BCUT2D eigenvalue weighted by molar-refractivity contribution is 6.05. The van der Waals surface area contributed by atoms with Crippen molar-refractivity contribution in [2.24, 2.45) is 16.8 Å². The lowest BCUT2D eigenvalue weighted by Gasteiger charge is -2.30. The van der Waals surface area contributed by atoms with Crippen LogP contribution in [0.5, 0.6) is 0 Å². The maximum Gasteiger partial charge on any atom is 0.336 e. The summed E-state index contributed by atoms with van der Waals surface area (Å²) in [5, 5.41) is 0. The number of hydrogen-bond donors (Lipinski definition) is 0. The fourth-order valence-corrected chi connectivity index (χ4v) is 2.82. The molecule has 0 radical (unpaired) electrons. The number of esters is 2. The highest BCUT2D eigenvalue weighted by atomic mass is 16.5. The smallest absolute Gasteiger partial charge is 0.336 e. The number of carbonyl (C=O) groups excluding carboxylic acids is 2. The van der Waals surface area contributed by atoms with Crippen LogP contribution in [0.1, 0.15) is 47.5 Å². The quantitative estimate of drug-likeness (QED) is 0.707. The maximum absolute atomic E-state index is 12.2. The summed E-state index contributed by atoms with van der Waals surface area (Å²) in [6, 6.07) is 0. The van der Waals surface area contributed by atoms with E-state index in [9.17, 15) is 9.59 Å². The van der Waals surface area contributed by atoms with E-state index in [0.717, 1.165) is 12.8 Å². The molecule has 1 rings (SSSR count). The Hall–Kier alpha value is -1.65. The molecule has 0 saturated heterocycles. The van der Waals surface area contributed by atoms with E-state index in [4.69, 9.17) is 9.47 Å². The molecule has 0 amide bonds. The van der Waals surface area contributed by atoms with Crippen LogP contribution in [0.25, 0.3) is 0 Å². The van der Waals surface area contributed by atoms with Crippen molar-refractivity contribution in [2.75, 3.05) is 13.2 Å². The van der Waals surface area contributed by atoms with E-state index in [1.165, 1.54) is 0 Å². The average molecular weight is 295 g/mol. The van der Waals surface area contributed by atoms with Gasteiger partial charge in [-0.25, -0.2) is 4.79 Å². The Morgan fingerprint density at radius 3 is 2.24 bits per heavy atom. The van der Waals surface area contributed by atoms with Crippen LogP contribution in [0.4, 0.5) is 0 Å². The zero-order valence-electron chi connectivity index (χ0n) is 13.6. The van der Waals surface area contributed by atoms with Crippen molar-refractivity contribution in [3.05, 3.63) is 11.3 Å². The summed E-state index contributed by atoms with van der Waals surface area (Å²) in [7, 11) is 0. The zero-order valence-corrected chi connectivity index (χ0v) is 13.6. The van der Waals surface area contributed by atoms with E-state index in [2.05, 4.69) is 4.99 Å². The van der Waals surface area contributed by atoms with Crippen molar-refractivity contribution in [2.45, 2.75) is 47.5 Å². The van der Waals surface area contributed by atoms with Gasteiger partial charge in [-0.1, -0.05) is 13.3 Å². The Bertz CT molecular complexity index is 465. The van der Waals surface area contributed by atoms with E-state index in [-0.39, 0.29) is 17.9 Å². The molecule has 0 N–H and O–H groups in total. The summed E-state index contributed by atoms with van der Waals surface area (Å²) in [4.78, 5) is 28.9. The van der Waals surface area contributed by atoms with Crippen molar-refractivity contribution in [1.82, 2.24) is 0 Å². The van der Waals surface area contributed by atoms with Crippen LogP contribution in [0, 0.1) is 11.8 Å². The van der Waals surface area contributed by atoms with Crippen LogP contribution in [0.15, 0.2) is 16.3 Å². The van der Waals surface area contributed by atoms with Gasteiger partial charge in [0.05, 0.1) is 18.8 Å². The minimum absolute atomic E-state index is 0.217. The van der Waals surface area contributed by atoms with Gasteiger partial charge < -0.3 is 9.47 Å². The van der Waals surface area contributed by atoms with Crippen molar-refractivity contribution in [3.8, 4) is 0 Å². The first-order chi connectivity index (χ1) is 9.97. The molecule has 1 aliphatic rings. The molecule has 2 atom stereocenters. The number of allylic oxidation sites excluding steroid dienone is 1. The Kier molecular flexibility index (Phi) is 6.59. The number of aliphatic imine (C=N–C) groups is 1. The molecule has 0 saturated carbocycles. The highest BCUT2D eigenvalue weighted by Gasteiger charge is 2.40. The minimum atomic E-state index is -0.493. The standard InChI is InChI=1S/C16H25NO4/c1-6-9-12-13(15(18)20-7-2)10(4)17-11(5)14(12)16(19)21-8-3/h12-13H,6-9H2,1-5H3. The van der Waals surface area contributed by atoms with Crippen molar-refractivity contribution < 1.29 is 19.1 Å².